The number of hydrogen-bond donors (Lipinski definition) is 0. The molecule has 278 valence electrons. The third kappa shape index (κ3) is 4.49. The zero-order valence-corrected chi connectivity index (χ0v) is 32.5. The van der Waals surface area contributed by atoms with E-state index < -0.39 is 5.41 Å². The highest BCUT2D eigenvalue weighted by atomic mass is 15.1. The number of rotatable bonds is 4. The Labute approximate surface area is 347 Å². The van der Waals surface area contributed by atoms with E-state index in [4.69, 9.17) is 9.97 Å². The number of hydrogen-bond acceptors (Lipinski definition) is 2. The number of benzene rings is 9. The molecule has 60 heavy (non-hydrogen) atoms. The van der Waals surface area contributed by atoms with Crippen molar-refractivity contribution in [2.45, 2.75) is 5.41 Å². The SMILES string of the molecule is c1ccc(-c2nc3ccccc3n2-c2ccc(-c3ccc(-c4nc5ccccc5c5ccc6c(c45)-c4ccccc4C64c5ccccc5-c5ccccc54)cc3)cc2)cc1. The molecule has 0 saturated carbocycles. The second kappa shape index (κ2) is 12.6. The molecule has 13 rings (SSSR count). The van der Waals surface area contributed by atoms with E-state index in [1.54, 1.807) is 0 Å². The largest absolute Gasteiger partial charge is 0.292 e. The van der Waals surface area contributed by atoms with E-state index in [1.807, 2.05) is 12.1 Å². The van der Waals surface area contributed by atoms with Crippen molar-refractivity contribution < 1.29 is 0 Å². The molecule has 3 nitrogen and oxygen atoms in total. The highest BCUT2D eigenvalue weighted by Crippen LogP contribution is 2.64. The van der Waals surface area contributed by atoms with E-state index in [0.29, 0.717) is 0 Å². The summed E-state index contributed by atoms with van der Waals surface area (Å²) in [7, 11) is 0. The lowest BCUT2D eigenvalue weighted by Gasteiger charge is -2.30. The van der Waals surface area contributed by atoms with E-state index in [0.717, 1.165) is 56.0 Å². The molecular weight excluding hydrogens is 727 g/mol. The van der Waals surface area contributed by atoms with Gasteiger partial charge in [-0.15, -0.1) is 0 Å². The van der Waals surface area contributed by atoms with Crippen LogP contribution < -0.4 is 0 Å². The summed E-state index contributed by atoms with van der Waals surface area (Å²) < 4.78 is 2.26. The van der Waals surface area contributed by atoms with Crippen LogP contribution in [0.4, 0.5) is 0 Å². The number of aromatic nitrogens is 3. The number of para-hydroxylation sites is 3. The molecule has 9 aromatic carbocycles. The molecule has 0 N–H and O–H groups in total. The highest BCUT2D eigenvalue weighted by Gasteiger charge is 2.52. The molecule has 1 spiro atoms. The minimum atomic E-state index is -0.420. The predicted octanol–water partition coefficient (Wildman–Crippen LogP) is 14.1. The van der Waals surface area contributed by atoms with Gasteiger partial charge in [0.15, 0.2) is 0 Å². The molecule has 0 unspecified atom stereocenters. The molecule has 0 amide bonds. The van der Waals surface area contributed by atoms with Crippen LogP contribution in [0.2, 0.25) is 0 Å². The summed E-state index contributed by atoms with van der Waals surface area (Å²) in [4.78, 5) is 10.6. The monoisotopic (exact) mass is 761 g/mol. The van der Waals surface area contributed by atoms with Gasteiger partial charge in [0.2, 0.25) is 0 Å². The normalized spacial score (nSPS) is 13.1. The quantitative estimate of drug-likeness (QED) is 0.167. The summed E-state index contributed by atoms with van der Waals surface area (Å²) in [5.74, 6) is 0.936. The lowest BCUT2D eigenvalue weighted by Crippen LogP contribution is -2.25. The van der Waals surface area contributed by atoms with E-state index in [9.17, 15) is 0 Å². The van der Waals surface area contributed by atoms with Crippen molar-refractivity contribution in [3.8, 4) is 61.7 Å². The van der Waals surface area contributed by atoms with Gasteiger partial charge in [0.05, 0.1) is 27.7 Å². The van der Waals surface area contributed by atoms with Crippen molar-refractivity contribution in [3.05, 3.63) is 235 Å². The van der Waals surface area contributed by atoms with Crippen LogP contribution in [0, 0.1) is 0 Å². The average molecular weight is 762 g/mol. The number of nitrogens with zero attached hydrogens (tertiary/aromatic N) is 3. The van der Waals surface area contributed by atoms with E-state index in [1.165, 1.54) is 60.7 Å². The Hall–Kier alpha value is -7.88. The van der Waals surface area contributed by atoms with Crippen molar-refractivity contribution in [2.75, 3.05) is 0 Å². The second-order valence-corrected chi connectivity index (χ2v) is 16.0. The Morgan fingerprint density at radius 2 is 0.900 bits per heavy atom. The van der Waals surface area contributed by atoms with Gasteiger partial charge in [-0.25, -0.2) is 9.97 Å². The topological polar surface area (TPSA) is 30.7 Å². The summed E-state index contributed by atoms with van der Waals surface area (Å²) in [5, 5.41) is 3.60. The van der Waals surface area contributed by atoms with Gasteiger partial charge < -0.3 is 0 Å². The van der Waals surface area contributed by atoms with Gasteiger partial charge in [-0.05, 0) is 91.4 Å². The van der Waals surface area contributed by atoms with Gasteiger partial charge in [-0.3, -0.25) is 4.57 Å². The minimum Gasteiger partial charge on any atom is -0.292 e. The summed E-state index contributed by atoms with van der Waals surface area (Å²) >= 11 is 0. The first kappa shape index (κ1) is 33.1. The number of fused-ring (bicyclic) bond motifs is 15. The smallest absolute Gasteiger partial charge is 0.145 e. The molecule has 2 heterocycles. The molecule has 0 bridgehead atoms. The fraction of sp³-hybridized carbons (Fsp3) is 0.0175. The van der Waals surface area contributed by atoms with Crippen LogP contribution in [0.1, 0.15) is 22.3 Å². The van der Waals surface area contributed by atoms with Crippen LogP contribution >= 0.6 is 0 Å². The Morgan fingerprint density at radius 3 is 1.62 bits per heavy atom. The first-order chi connectivity index (χ1) is 29.8. The number of pyridine rings is 1. The second-order valence-electron chi connectivity index (χ2n) is 16.0. The van der Waals surface area contributed by atoms with Gasteiger partial charge in [0, 0.05) is 27.6 Å². The molecule has 0 aliphatic heterocycles. The fourth-order valence-corrected chi connectivity index (χ4v) is 10.5. The molecule has 11 aromatic rings. The van der Waals surface area contributed by atoms with Crippen LogP contribution in [-0.4, -0.2) is 14.5 Å². The van der Waals surface area contributed by atoms with Crippen LogP contribution in [0.15, 0.2) is 212 Å². The molecule has 0 atom stereocenters. The van der Waals surface area contributed by atoms with E-state index in [2.05, 4.69) is 205 Å². The van der Waals surface area contributed by atoms with Crippen LogP contribution in [0.5, 0.6) is 0 Å². The third-order valence-corrected chi connectivity index (χ3v) is 13.0. The number of imidazole rings is 1. The lowest BCUT2D eigenvalue weighted by atomic mass is 9.70. The van der Waals surface area contributed by atoms with Gasteiger partial charge >= 0.3 is 0 Å². The molecule has 2 aliphatic carbocycles. The highest BCUT2D eigenvalue weighted by molar-refractivity contribution is 6.19. The lowest BCUT2D eigenvalue weighted by molar-refractivity contribution is 0.794. The zero-order chi connectivity index (χ0) is 39.4. The summed E-state index contributed by atoms with van der Waals surface area (Å²) in [6.07, 6.45) is 0. The molecule has 2 aromatic heterocycles. The molecule has 3 heteroatoms. The Morgan fingerprint density at radius 1 is 0.350 bits per heavy atom. The van der Waals surface area contributed by atoms with E-state index >= 15 is 0 Å². The van der Waals surface area contributed by atoms with Crippen molar-refractivity contribution in [1.82, 2.24) is 14.5 Å². The van der Waals surface area contributed by atoms with Gasteiger partial charge in [-0.1, -0.05) is 182 Å². The molecule has 0 radical (unpaired) electrons. The molecular formula is C57H35N3. The fourth-order valence-electron chi connectivity index (χ4n) is 10.5. The van der Waals surface area contributed by atoms with Crippen molar-refractivity contribution in [1.29, 1.82) is 0 Å². The minimum absolute atomic E-state index is 0.420. The van der Waals surface area contributed by atoms with Crippen LogP contribution in [-0.2, 0) is 5.41 Å². The standard InChI is InChI=1S/C57H35N3/c1-2-14-39(15-3-1)56-59-51-24-12-13-25-52(51)60(56)40-32-30-37(31-33-40)36-26-28-38(29-27-36)55-54-44(43-18-7-11-23-50(43)58-55)34-35-49-53(54)45-19-6-10-22-48(45)57(49)46-20-8-4-16-41(46)42-17-5-9-21-47(42)57/h1-35H. The van der Waals surface area contributed by atoms with Crippen molar-refractivity contribution in [2.24, 2.45) is 0 Å². The summed E-state index contributed by atoms with van der Waals surface area (Å²) in [5.41, 5.74) is 19.8. The summed E-state index contributed by atoms with van der Waals surface area (Å²) in [6, 6.07) is 77.1. The molecule has 0 saturated heterocycles. The first-order valence-corrected chi connectivity index (χ1v) is 20.7. The maximum Gasteiger partial charge on any atom is 0.145 e. The maximum atomic E-state index is 5.52. The van der Waals surface area contributed by atoms with Crippen molar-refractivity contribution in [3.63, 3.8) is 0 Å². The van der Waals surface area contributed by atoms with Gasteiger partial charge in [0.25, 0.3) is 0 Å². The Balaban J connectivity index is 0.976. The van der Waals surface area contributed by atoms with Crippen LogP contribution in [0.3, 0.4) is 0 Å². The zero-order valence-electron chi connectivity index (χ0n) is 32.5. The van der Waals surface area contributed by atoms with E-state index in [-0.39, 0.29) is 0 Å². The Kier molecular flexibility index (Phi) is 6.93. The predicted molar refractivity (Wildman–Crippen MR) is 246 cm³/mol. The molecule has 2 aliphatic rings. The average Bonchev–Trinajstić information content (AvgIpc) is 3.96. The molecule has 0 fully saturated rings. The summed E-state index contributed by atoms with van der Waals surface area (Å²) in [6.45, 7) is 0. The van der Waals surface area contributed by atoms with Crippen LogP contribution in [0.25, 0.3) is 94.4 Å². The Bertz CT molecular complexity index is 3480. The van der Waals surface area contributed by atoms with Crippen molar-refractivity contribution >= 4 is 32.7 Å². The first-order valence-electron chi connectivity index (χ1n) is 20.7. The van der Waals surface area contributed by atoms with Gasteiger partial charge in [0.1, 0.15) is 5.82 Å². The van der Waals surface area contributed by atoms with Gasteiger partial charge in [-0.2, -0.15) is 0 Å². The third-order valence-electron chi connectivity index (χ3n) is 13.0. The maximum absolute atomic E-state index is 5.52.